The smallest absolute Gasteiger partial charge is 0.260 e. The van der Waals surface area contributed by atoms with Gasteiger partial charge in [0.15, 0.2) is 5.82 Å². The van der Waals surface area contributed by atoms with Gasteiger partial charge in [-0.15, -0.1) is 0 Å². The second-order valence-corrected chi connectivity index (χ2v) is 8.48. The third-order valence-corrected chi connectivity index (χ3v) is 6.00. The number of benzene rings is 2. The van der Waals surface area contributed by atoms with Crippen molar-refractivity contribution in [2.75, 3.05) is 35.8 Å². The highest BCUT2D eigenvalue weighted by atomic mass is 32.2. The summed E-state index contributed by atoms with van der Waals surface area (Å²) < 4.78 is 22.9. The molecule has 2 heterocycles. The van der Waals surface area contributed by atoms with Crippen molar-refractivity contribution in [2.24, 2.45) is 5.14 Å². The second-order valence-electron chi connectivity index (χ2n) is 6.92. The molecule has 154 valence electrons. The van der Waals surface area contributed by atoms with E-state index in [1.54, 1.807) is 43.4 Å². The average Bonchev–Trinajstić information content (AvgIpc) is 2.83. The van der Waals surface area contributed by atoms with Crippen LogP contribution in [0.3, 0.4) is 0 Å². The lowest BCUT2D eigenvalue weighted by Crippen LogP contribution is -2.26. The number of nitrogens with two attached hydrogens (primary N) is 1. The second kappa shape index (κ2) is 7.08. The highest BCUT2D eigenvalue weighted by Gasteiger charge is 2.29. The van der Waals surface area contributed by atoms with Gasteiger partial charge in [-0.05, 0) is 36.4 Å². The Hall–Kier alpha value is -3.50. The number of carbonyl (C=O) groups is 1. The van der Waals surface area contributed by atoms with Gasteiger partial charge in [-0.1, -0.05) is 12.1 Å². The molecule has 30 heavy (non-hydrogen) atoms. The molecular formula is C20H20N6O3S. The Morgan fingerprint density at radius 1 is 0.967 bits per heavy atom. The van der Waals surface area contributed by atoms with Crippen LogP contribution in [-0.4, -0.2) is 45.4 Å². The van der Waals surface area contributed by atoms with Crippen molar-refractivity contribution in [2.45, 2.75) is 4.90 Å². The maximum atomic E-state index is 12.9. The van der Waals surface area contributed by atoms with Gasteiger partial charge in [0.1, 0.15) is 5.69 Å². The van der Waals surface area contributed by atoms with Crippen LogP contribution >= 0.6 is 0 Å². The third-order valence-electron chi connectivity index (χ3n) is 5.07. The summed E-state index contributed by atoms with van der Waals surface area (Å²) in [7, 11) is 1.54. The molecule has 0 saturated heterocycles. The number of amides is 1. The van der Waals surface area contributed by atoms with Gasteiger partial charge in [0.25, 0.3) is 5.91 Å². The number of fused-ring (bicyclic) bond motifs is 2. The van der Waals surface area contributed by atoms with E-state index in [-0.39, 0.29) is 10.8 Å². The molecule has 0 atom stereocenters. The van der Waals surface area contributed by atoms with Crippen LogP contribution in [0, 0.1) is 0 Å². The molecule has 0 fully saturated rings. The Labute approximate surface area is 174 Å². The summed E-state index contributed by atoms with van der Waals surface area (Å²) in [5.41, 5.74) is 2.59. The summed E-state index contributed by atoms with van der Waals surface area (Å²) >= 11 is 0. The van der Waals surface area contributed by atoms with Gasteiger partial charge in [-0.25, -0.2) is 18.5 Å². The number of anilines is 5. The molecule has 1 aromatic heterocycles. The number of nitrogens with zero attached hydrogens (tertiary/aromatic N) is 5. The quantitative estimate of drug-likeness (QED) is 0.686. The highest BCUT2D eigenvalue weighted by molar-refractivity contribution is 7.89. The molecule has 2 N–H and O–H groups in total. The first kappa shape index (κ1) is 19.8. The van der Waals surface area contributed by atoms with E-state index in [0.717, 1.165) is 5.69 Å². The zero-order chi connectivity index (χ0) is 21.6. The zero-order valence-corrected chi connectivity index (χ0v) is 17.5. The molecule has 0 aliphatic carbocycles. The van der Waals surface area contributed by atoms with Crippen LogP contribution in [-0.2, 0) is 10.0 Å². The molecular weight excluding hydrogens is 404 g/mol. The fourth-order valence-electron chi connectivity index (χ4n) is 3.33. The maximum absolute atomic E-state index is 12.9. The minimum atomic E-state index is -3.77. The van der Waals surface area contributed by atoms with Crippen molar-refractivity contribution < 1.29 is 13.2 Å². The first-order valence-electron chi connectivity index (χ1n) is 9.03. The standard InChI is InChI=1S/C20H20N6O3S/c1-24(13-8-10-14(11-9-13)30(21,28)29)20-22-12-17-18(23-20)25(2)16-7-5-4-6-15(16)19(27)26(17)3/h4-12H,1-3H3,(H2,21,28,29). The molecule has 0 spiro atoms. The van der Waals surface area contributed by atoms with Crippen molar-refractivity contribution in [3.63, 3.8) is 0 Å². The van der Waals surface area contributed by atoms with E-state index in [1.807, 2.05) is 30.1 Å². The number of para-hydroxylation sites is 1. The minimum absolute atomic E-state index is 0.0268. The normalized spacial score (nSPS) is 13.5. The van der Waals surface area contributed by atoms with Crippen LogP contribution in [0.2, 0.25) is 0 Å². The first-order valence-corrected chi connectivity index (χ1v) is 10.6. The maximum Gasteiger partial charge on any atom is 0.260 e. The molecule has 1 aliphatic heterocycles. The Morgan fingerprint density at radius 2 is 1.63 bits per heavy atom. The van der Waals surface area contributed by atoms with Crippen LogP contribution in [0.5, 0.6) is 0 Å². The van der Waals surface area contributed by atoms with Crippen molar-refractivity contribution in [3.8, 4) is 0 Å². The molecule has 1 amide bonds. The van der Waals surface area contributed by atoms with Crippen LogP contribution in [0.15, 0.2) is 59.6 Å². The molecule has 0 radical (unpaired) electrons. The van der Waals surface area contributed by atoms with Gasteiger partial charge in [0, 0.05) is 26.8 Å². The highest BCUT2D eigenvalue weighted by Crippen LogP contribution is 2.38. The summed E-state index contributed by atoms with van der Waals surface area (Å²) in [6.07, 6.45) is 1.60. The number of rotatable bonds is 3. The number of primary sulfonamides is 1. The predicted molar refractivity (Wildman–Crippen MR) is 115 cm³/mol. The van der Waals surface area contributed by atoms with Crippen LogP contribution in [0.25, 0.3) is 0 Å². The monoisotopic (exact) mass is 424 g/mol. The lowest BCUT2D eigenvalue weighted by Gasteiger charge is -2.24. The first-order chi connectivity index (χ1) is 14.2. The summed E-state index contributed by atoms with van der Waals surface area (Å²) in [5, 5.41) is 5.16. The van der Waals surface area contributed by atoms with Crippen molar-refractivity contribution >= 4 is 44.8 Å². The zero-order valence-electron chi connectivity index (χ0n) is 16.6. The van der Waals surface area contributed by atoms with Gasteiger partial charge >= 0.3 is 0 Å². The van der Waals surface area contributed by atoms with E-state index in [9.17, 15) is 13.2 Å². The minimum Gasteiger partial charge on any atom is -0.327 e. The summed E-state index contributed by atoms with van der Waals surface area (Å²) in [6.45, 7) is 0. The van der Waals surface area contributed by atoms with Crippen molar-refractivity contribution in [3.05, 3.63) is 60.3 Å². The average molecular weight is 424 g/mol. The van der Waals surface area contributed by atoms with Gasteiger partial charge < -0.3 is 14.7 Å². The number of hydrogen-bond donors (Lipinski definition) is 1. The van der Waals surface area contributed by atoms with E-state index in [1.165, 1.54) is 17.0 Å². The SMILES string of the molecule is CN1C(=O)c2ccccc2N(C)c2nc(N(C)c3ccc(S(N)(=O)=O)cc3)ncc21. The van der Waals surface area contributed by atoms with E-state index < -0.39 is 10.0 Å². The fraction of sp³-hybridized carbons (Fsp3) is 0.150. The molecule has 3 aromatic rings. The fourth-order valence-corrected chi connectivity index (χ4v) is 3.84. The number of sulfonamides is 1. The topological polar surface area (TPSA) is 113 Å². The van der Waals surface area contributed by atoms with Crippen molar-refractivity contribution in [1.82, 2.24) is 9.97 Å². The number of hydrogen-bond acceptors (Lipinski definition) is 7. The summed E-state index contributed by atoms with van der Waals surface area (Å²) in [5.74, 6) is 0.831. The largest absolute Gasteiger partial charge is 0.327 e. The van der Waals surface area contributed by atoms with Crippen molar-refractivity contribution in [1.29, 1.82) is 0 Å². The molecule has 0 bridgehead atoms. The number of aromatic nitrogens is 2. The van der Waals surface area contributed by atoms with E-state index in [2.05, 4.69) is 9.97 Å². The Balaban J connectivity index is 1.77. The van der Waals surface area contributed by atoms with E-state index in [4.69, 9.17) is 5.14 Å². The van der Waals surface area contributed by atoms with Gasteiger partial charge in [-0.3, -0.25) is 4.79 Å². The van der Waals surface area contributed by atoms with Gasteiger partial charge in [0.05, 0.1) is 22.3 Å². The van der Waals surface area contributed by atoms with Crippen LogP contribution < -0.4 is 19.8 Å². The molecule has 10 heteroatoms. The molecule has 2 aromatic carbocycles. The van der Waals surface area contributed by atoms with Gasteiger partial charge in [-0.2, -0.15) is 4.98 Å². The van der Waals surface area contributed by atoms with E-state index in [0.29, 0.717) is 28.7 Å². The molecule has 0 unspecified atom stereocenters. The molecule has 4 rings (SSSR count). The third kappa shape index (κ3) is 3.25. The lowest BCUT2D eigenvalue weighted by atomic mass is 10.1. The number of carbonyl (C=O) groups excluding carboxylic acids is 1. The molecule has 9 nitrogen and oxygen atoms in total. The van der Waals surface area contributed by atoms with Crippen LogP contribution in [0.4, 0.5) is 28.8 Å². The Bertz CT molecular complexity index is 1240. The van der Waals surface area contributed by atoms with Gasteiger partial charge in [0.2, 0.25) is 16.0 Å². The van der Waals surface area contributed by atoms with E-state index >= 15 is 0 Å². The molecule has 1 aliphatic rings. The van der Waals surface area contributed by atoms with Crippen LogP contribution in [0.1, 0.15) is 10.4 Å². The molecule has 0 saturated carbocycles. The Kier molecular flexibility index (Phi) is 4.67. The predicted octanol–water partition coefficient (Wildman–Crippen LogP) is 2.25. The summed E-state index contributed by atoms with van der Waals surface area (Å²) in [4.78, 5) is 27.1. The summed E-state index contributed by atoms with van der Waals surface area (Å²) in [6, 6.07) is 13.5. The Morgan fingerprint density at radius 3 is 2.30 bits per heavy atom. The lowest BCUT2D eigenvalue weighted by molar-refractivity contribution is 0.0994.